The monoisotopic (exact) mass is 271 g/mol. The molecule has 0 aliphatic rings. The van der Waals surface area contributed by atoms with E-state index >= 15 is 0 Å². The third-order valence-electron chi connectivity index (χ3n) is 3.54. The lowest BCUT2D eigenvalue weighted by atomic mass is 10.1. The molecule has 0 saturated heterocycles. The predicted octanol–water partition coefficient (Wildman–Crippen LogP) is 4.88. The van der Waals surface area contributed by atoms with Crippen LogP contribution < -0.4 is 0 Å². The zero-order valence-electron chi connectivity index (χ0n) is 13.8. The largest absolute Gasteiger partial charge is 0.381 e. The number of nitrogens with zero attached hydrogens (tertiary/aromatic N) is 1. The maximum atomic E-state index is 5.66. The number of hydrogen-bond donors (Lipinski definition) is 0. The molecular weight excluding hydrogens is 234 g/mol. The normalized spacial score (nSPS) is 11.4. The molecule has 0 amide bonds. The molecule has 0 aromatic carbocycles. The van der Waals surface area contributed by atoms with Crippen LogP contribution in [-0.4, -0.2) is 38.8 Å². The van der Waals surface area contributed by atoms with Crippen molar-refractivity contribution in [3.8, 4) is 0 Å². The average molecular weight is 271 g/mol. The highest BCUT2D eigenvalue weighted by molar-refractivity contribution is 4.47. The van der Waals surface area contributed by atoms with Gasteiger partial charge in [-0.1, -0.05) is 58.3 Å². The second kappa shape index (κ2) is 16.0. The first-order valence-corrected chi connectivity index (χ1v) is 8.50. The maximum Gasteiger partial charge on any atom is 0.0466 e. The topological polar surface area (TPSA) is 12.5 Å². The molecule has 0 saturated carbocycles. The molecule has 0 N–H and O–H groups in total. The Bertz CT molecular complexity index is 159. The summed E-state index contributed by atoms with van der Waals surface area (Å²) in [5, 5.41) is 0. The van der Waals surface area contributed by atoms with Crippen molar-refractivity contribution in [1.29, 1.82) is 0 Å². The third-order valence-corrected chi connectivity index (χ3v) is 3.54. The van der Waals surface area contributed by atoms with Crippen LogP contribution in [0.2, 0.25) is 0 Å². The Labute approximate surface area is 121 Å². The molecule has 0 aromatic rings. The van der Waals surface area contributed by atoms with Crippen molar-refractivity contribution in [2.24, 2.45) is 0 Å². The van der Waals surface area contributed by atoms with Crippen LogP contribution in [0, 0.1) is 0 Å². The van der Waals surface area contributed by atoms with E-state index in [9.17, 15) is 0 Å². The first-order chi connectivity index (χ1) is 9.27. The smallest absolute Gasteiger partial charge is 0.0466 e. The molecule has 2 nitrogen and oxygen atoms in total. The standard InChI is InChI=1S/C17H37NO/c1-4-5-6-7-8-9-10-11-13-16-19-17-14-12-15-18(2)3/h4-17H2,1-3H3. The number of unbranched alkanes of at least 4 members (excludes halogenated alkanes) is 9. The van der Waals surface area contributed by atoms with Crippen LogP contribution in [-0.2, 0) is 4.74 Å². The van der Waals surface area contributed by atoms with Gasteiger partial charge in [0, 0.05) is 13.2 Å². The van der Waals surface area contributed by atoms with Crippen molar-refractivity contribution in [3.63, 3.8) is 0 Å². The minimum Gasteiger partial charge on any atom is -0.381 e. The summed E-state index contributed by atoms with van der Waals surface area (Å²) in [6.07, 6.45) is 15.0. The molecule has 19 heavy (non-hydrogen) atoms. The molecule has 0 bridgehead atoms. The highest BCUT2D eigenvalue weighted by Crippen LogP contribution is 2.09. The van der Waals surface area contributed by atoms with E-state index < -0.39 is 0 Å². The van der Waals surface area contributed by atoms with Crippen LogP contribution in [0.5, 0.6) is 0 Å². The molecule has 0 fully saturated rings. The van der Waals surface area contributed by atoms with E-state index in [1.165, 1.54) is 77.2 Å². The van der Waals surface area contributed by atoms with Crippen LogP contribution >= 0.6 is 0 Å². The van der Waals surface area contributed by atoms with Crippen LogP contribution in [0.4, 0.5) is 0 Å². The minimum atomic E-state index is 0.949. The fraction of sp³-hybridized carbons (Fsp3) is 1.00. The molecule has 2 heteroatoms. The molecule has 0 unspecified atom stereocenters. The van der Waals surface area contributed by atoms with Gasteiger partial charge in [-0.3, -0.25) is 0 Å². The summed E-state index contributed by atoms with van der Waals surface area (Å²) in [4.78, 5) is 2.24. The Kier molecular flexibility index (Phi) is 15.9. The molecule has 0 spiro atoms. The van der Waals surface area contributed by atoms with Crippen molar-refractivity contribution in [1.82, 2.24) is 4.90 Å². The van der Waals surface area contributed by atoms with Crippen LogP contribution in [0.15, 0.2) is 0 Å². The lowest BCUT2D eigenvalue weighted by Crippen LogP contribution is -2.13. The Hall–Kier alpha value is -0.0800. The van der Waals surface area contributed by atoms with Gasteiger partial charge in [-0.15, -0.1) is 0 Å². The zero-order chi connectivity index (χ0) is 14.2. The van der Waals surface area contributed by atoms with Crippen molar-refractivity contribution >= 4 is 0 Å². The highest BCUT2D eigenvalue weighted by atomic mass is 16.5. The summed E-state index contributed by atoms with van der Waals surface area (Å²) in [7, 11) is 4.26. The van der Waals surface area contributed by atoms with Gasteiger partial charge in [0.1, 0.15) is 0 Å². The molecule has 0 aliphatic carbocycles. The van der Waals surface area contributed by atoms with Crippen molar-refractivity contribution in [2.75, 3.05) is 33.9 Å². The van der Waals surface area contributed by atoms with E-state index in [2.05, 4.69) is 25.9 Å². The van der Waals surface area contributed by atoms with Gasteiger partial charge in [-0.05, 0) is 39.9 Å². The lowest BCUT2D eigenvalue weighted by molar-refractivity contribution is 0.124. The van der Waals surface area contributed by atoms with E-state index in [4.69, 9.17) is 4.74 Å². The summed E-state index contributed by atoms with van der Waals surface area (Å²) in [5.74, 6) is 0. The maximum absolute atomic E-state index is 5.66. The summed E-state index contributed by atoms with van der Waals surface area (Å²) in [6, 6.07) is 0. The fourth-order valence-electron chi connectivity index (χ4n) is 2.25. The van der Waals surface area contributed by atoms with E-state index in [0.717, 1.165) is 13.2 Å². The van der Waals surface area contributed by atoms with Gasteiger partial charge >= 0.3 is 0 Å². The van der Waals surface area contributed by atoms with Gasteiger partial charge in [0.2, 0.25) is 0 Å². The molecule has 116 valence electrons. The molecule has 0 rings (SSSR count). The highest BCUT2D eigenvalue weighted by Gasteiger charge is 1.94. The quantitative estimate of drug-likeness (QED) is 0.394. The first kappa shape index (κ1) is 18.9. The summed E-state index contributed by atoms with van der Waals surface area (Å²) >= 11 is 0. The zero-order valence-corrected chi connectivity index (χ0v) is 13.8. The van der Waals surface area contributed by atoms with Crippen molar-refractivity contribution in [2.45, 2.75) is 77.6 Å². The Morgan fingerprint density at radius 3 is 1.63 bits per heavy atom. The molecule has 0 radical (unpaired) electrons. The Morgan fingerprint density at radius 2 is 1.11 bits per heavy atom. The number of hydrogen-bond acceptors (Lipinski definition) is 2. The van der Waals surface area contributed by atoms with Crippen LogP contribution in [0.25, 0.3) is 0 Å². The Morgan fingerprint density at radius 1 is 0.632 bits per heavy atom. The summed E-state index contributed by atoms with van der Waals surface area (Å²) in [6.45, 7) is 5.38. The Balaban J connectivity index is 2.91. The predicted molar refractivity (Wildman–Crippen MR) is 85.8 cm³/mol. The van der Waals surface area contributed by atoms with E-state index in [1.54, 1.807) is 0 Å². The summed E-state index contributed by atoms with van der Waals surface area (Å²) in [5.41, 5.74) is 0. The minimum absolute atomic E-state index is 0.949. The second-order valence-electron chi connectivity index (χ2n) is 5.95. The SMILES string of the molecule is CCCCCCCCCCCOCCCCN(C)C. The summed E-state index contributed by atoms with van der Waals surface area (Å²) < 4.78 is 5.66. The van der Waals surface area contributed by atoms with Crippen LogP contribution in [0.1, 0.15) is 77.6 Å². The van der Waals surface area contributed by atoms with Gasteiger partial charge < -0.3 is 9.64 Å². The molecule has 0 aromatic heterocycles. The number of ether oxygens (including phenoxy) is 1. The first-order valence-electron chi connectivity index (χ1n) is 8.50. The molecule has 0 aliphatic heterocycles. The van der Waals surface area contributed by atoms with E-state index in [1.807, 2.05) is 0 Å². The second-order valence-corrected chi connectivity index (χ2v) is 5.95. The van der Waals surface area contributed by atoms with Gasteiger partial charge in [-0.25, -0.2) is 0 Å². The van der Waals surface area contributed by atoms with Gasteiger partial charge in [0.15, 0.2) is 0 Å². The number of rotatable bonds is 15. The van der Waals surface area contributed by atoms with Crippen molar-refractivity contribution < 1.29 is 4.74 Å². The fourth-order valence-corrected chi connectivity index (χ4v) is 2.25. The van der Waals surface area contributed by atoms with Crippen LogP contribution in [0.3, 0.4) is 0 Å². The third kappa shape index (κ3) is 17.9. The molecule has 0 heterocycles. The lowest BCUT2D eigenvalue weighted by Gasteiger charge is -2.09. The molecular formula is C17H37NO. The van der Waals surface area contributed by atoms with Crippen molar-refractivity contribution in [3.05, 3.63) is 0 Å². The van der Waals surface area contributed by atoms with Gasteiger partial charge in [0.05, 0.1) is 0 Å². The van der Waals surface area contributed by atoms with E-state index in [-0.39, 0.29) is 0 Å². The van der Waals surface area contributed by atoms with E-state index in [0.29, 0.717) is 0 Å². The van der Waals surface area contributed by atoms with Gasteiger partial charge in [0.25, 0.3) is 0 Å². The molecule has 0 atom stereocenters. The van der Waals surface area contributed by atoms with Gasteiger partial charge in [-0.2, -0.15) is 0 Å². The average Bonchev–Trinajstić information content (AvgIpc) is 2.39.